The van der Waals surface area contributed by atoms with Crippen LogP contribution in [0.15, 0.2) is 0 Å². The van der Waals surface area contributed by atoms with Crippen molar-refractivity contribution >= 4 is 39.5 Å². The molecule has 2 unspecified atom stereocenters. The van der Waals surface area contributed by atoms with Gasteiger partial charge < -0.3 is 33.8 Å². The number of esters is 4. The predicted octanol–water partition coefficient (Wildman–Crippen LogP) is 17.5. The number of carbonyl (C=O) groups is 4. The first kappa shape index (κ1) is 81.1. The van der Waals surface area contributed by atoms with Crippen LogP contribution in [0.2, 0.25) is 0 Å². The number of hydrogen-bond acceptors (Lipinski definition) is 15. The van der Waals surface area contributed by atoms with Crippen LogP contribution in [0.1, 0.15) is 312 Å². The highest BCUT2D eigenvalue weighted by Crippen LogP contribution is 2.45. The van der Waals surface area contributed by atoms with E-state index in [4.69, 9.17) is 37.0 Å². The molecule has 0 aliphatic carbocycles. The maximum Gasteiger partial charge on any atom is 0.472 e. The monoisotopic (exact) mass is 1230 g/mol. The van der Waals surface area contributed by atoms with Gasteiger partial charge in [-0.05, 0) is 43.4 Å². The topological polar surface area (TPSA) is 237 Å². The smallest absolute Gasteiger partial charge is 0.462 e. The third-order valence-corrected chi connectivity index (χ3v) is 16.5. The van der Waals surface area contributed by atoms with Crippen molar-refractivity contribution in [2.45, 2.75) is 330 Å². The van der Waals surface area contributed by atoms with Gasteiger partial charge in [-0.15, -0.1) is 0 Å². The summed E-state index contributed by atoms with van der Waals surface area (Å²) in [7, 11) is -9.89. The number of phosphoric ester groups is 2. The van der Waals surface area contributed by atoms with Crippen LogP contribution < -0.4 is 0 Å². The molecule has 0 saturated heterocycles. The molecule has 0 aromatic heterocycles. The zero-order chi connectivity index (χ0) is 61.7. The SMILES string of the molecule is CCCCCCCCCCCCCC(=O)OC[C@H](COP(=O)(O)OC[C@@H](O)COP(=O)(O)OC[C@@H](COC(=O)CCCCCCCCC(C)C)OC(=O)CCCCCCCCCC(C)C)OC(=O)CCCCCCCCCCCCC(C)C. The lowest BCUT2D eigenvalue weighted by atomic mass is 10.0. The van der Waals surface area contributed by atoms with Gasteiger partial charge in [-0.3, -0.25) is 37.3 Å². The van der Waals surface area contributed by atoms with Gasteiger partial charge in [0.05, 0.1) is 26.4 Å². The standard InChI is InChI=1S/C64H124O17P2/c1-8-9-10-11-12-13-14-18-23-31-38-45-61(66)74-51-59(80-63(68)47-40-33-24-19-16-15-17-21-28-35-42-55(2)3)53-78-82(70,71)76-49-58(65)50-77-83(72,73)79-54-60(52-75-62(67)46-39-32-27-26-30-37-44-57(6)7)81-64(69)48-41-34-25-20-22-29-36-43-56(4)5/h55-60,65H,8-54H2,1-7H3,(H,70,71)(H,72,73)/t58-,59-,60-/m1/s1. The largest absolute Gasteiger partial charge is 0.472 e. The second-order valence-corrected chi connectivity index (χ2v) is 27.5. The molecule has 3 N–H and O–H groups in total. The summed E-state index contributed by atoms with van der Waals surface area (Å²) in [6.07, 6.45) is 36.4. The Morgan fingerprint density at radius 1 is 0.325 bits per heavy atom. The van der Waals surface area contributed by atoms with E-state index in [-0.39, 0.29) is 25.7 Å². The molecule has 0 amide bonds. The third-order valence-electron chi connectivity index (χ3n) is 14.6. The molecule has 0 bridgehead atoms. The zero-order valence-electron chi connectivity index (χ0n) is 53.6. The van der Waals surface area contributed by atoms with Gasteiger partial charge in [0.1, 0.15) is 19.3 Å². The Labute approximate surface area is 505 Å². The number of phosphoric acid groups is 2. The summed E-state index contributed by atoms with van der Waals surface area (Å²) in [6.45, 7) is 11.6. The first-order chi connectivity index (χ1) is 39.7. The number of aliphatic hydroxyl groups excluding tert-OH is 1. The molecule has 83 heavy (non-hydrogen) atoms. The molecule has 0 aromatic carbocycles. The summed E-state index contributed by atoms with van der Waals surface area (Å²) >= 11 is 0. The summed E-state index contributed by atoms with van der Waals surface area (Å²) < 4.78 is 68.0. The van der Waals surface area contributed by atoms with E-state index in [1.807, 2.05) is 0 Å². The van der Waals surface area contributed by atoms with E-state index < -0.39 is 97.5 Å². The van der Waals surface area contributed by atoms with Crippen LogP contribution in [0.3, 0.4) is 0 Å². The van der Waals surface area contributed by atoms with Crippen molar-refractivity contribution in [3.63, 3.8) is 0 Å². The number of ether oxygens (including phenoxy) is 4. The second-order valence-electron chi connectivity index (χ2n) is 24.6. The maximum absolute atomic E-state index is 13.0. The van der Waals surface area contributed by atoms with Gasteiger partial charge in [0.2, 0.25) is 0 Å². The minimum Gasteiger partial charge on any atom is -0.462 e. The number of aliphatic hydroxyl groups is 1. The molecule has 19 heteroatoms. The fourth-order valence-corrected chi connectivity index (χ4v) is 11.1. The average Bonchev–Trinajstić information content (AvgIpc) is 3.44. The van der Waals surface area contributed by atoms with E-state index in [9.17, 15) is 43.2 Å². The third kappa shape index (κ3) is 58.8. The molecule has 0 saturated carbocycles. The molecule has 0 fully saturated rings. The lowest BCUT2D eigenvalue weighted by molar-refractivity contribution is -0.161. The van der Waals surface area contributed by atoms with Gasteiger partial charge >= 0.3 is 39.5 Å². The highest BCUT2D eigenvalue weighted by Gasteiger charge is 2.30. The highest BCUT2D eigenvalue weighted by atomic mass is 31.2. The summed E-state index contributed by atoms with van der Waals surface area (Å²) in [4.78, 5) is 72.2. The molecule has 0 aromatic rings. The fraction of sp³-hybridized carbons (Fsp3) is 0.938. The van der Waals surface area contributed by atoms with Crippen molar-refractivity contribution in [2.24, 2.45) is 17.8 Å². The van der Waals surface area contributed by atoms with Crippen LogP contribution in [0.25, 0.3) is 0 Å². The summed E-state index contributed by atoms with van der Waals surface area (Å²) in [6, 6.07) is 0. The van der Waals surface area contributed by atoms with Gasteiger partial charge in [0, 0.05) is 25.7 Å². The number of carbonyl (C=O) groups excluding carboxylic acids is 4. The van der Waals surface area contributed by atoms with Crippen molar-refractivity contribution in [2.75, 3.05) is 39.6 Å². The van der Waals surface area contributed by atoms with Crippen LogP contribution >= 0.6 is 15.6 Å². The number of hydrogen-bond donors (Lipinski definition) is 3. The Morgan fingerprint density at radius 3 is 0.819 bits per heavy atom. The Balaban J connectivity index is 5.24. The Hall–Kier alpha value is -1.94. The van der Waals surface area contributed by atoms with Crippen molar-refractivity contribution in [1.29, 1.82) is 0 Å². The van der Waals surface area contributed by atoms with Gasteiger partial charge in [-0.25, -0.2) is 9.13 Å². The van der Waals surface area contributed by atoms with E-state index >= 15 is 0 Å². The van der Waals surface area contributed by atoms with Gasteiger partial charge in [0.25, 0.3) is 0 Å². The van der Waals surface area contributed by atoms with Crippen LogP contribution in [0, 0.1) is 17.8 Å². The minimum atomic E-state index is -4.94. The van der Waals surface area contributed by atoms with E-state index in [1.54, 1.807) is 0 Å². The van der Waals surface area contributed by atoms with Crippen molar-refractivity contribution < 1.29 is 80.2 Å². The fourth-order valence-electron chi connectivity index (χ4n) is 9.48. The predicted molar refractivity (Wildman–Crippen MR) is 331 cm³/mol. The molecule has 0 heterocycles. The molecular formula is C64H124O17P2. The first-order valence-electron chi connectivity index (χ1n) is 33.3. The van der Waals surface area contributed by atoms with E-state index in [0.29, 0.717) is 37.5 Å². The first-order valence-corrected chi connectivity index (χ1v) is 36.3. The zero-order valence-corrected chi connectivity index (χ0v) is 55.4. The Kier molecular flexibility index (Phi) is 54.1. The van der Waals surface area contributed by atoms with Gasteiger partial charge in [0.15, 0.2) is 12.2 Å². The molecule has 0 aliphatic rings. The molecule has 492 valence electrons. The quantitative estimate of drug-likeness (QED) is 0.0222. The summed E-state index contributed by atoms with van der Waals surface area (Å²) in [5, 5.41) is 10.5. The minimum absolute atomic E-state index is 0.102. The molecular weight excluding hydrogens is 1100 g/mol. The molecule has 0 rings (SSSR count). The van der Waals surface area contributed by atoms with Gasteiger partial charge in [-0.1, -0.05) is 260 Å². The second kappa shape index (κ2) is 55.4. The highest BCUT2D eigenvalue weighted by molar-refractivity contribution is 7.47. The maximum atomic E-state index is 13.0. The molecule has 0 spiro atoms. The van der Waals surface area contributed by atoms with Crippen LogP contribution in [0.5, 0.6) is 0 Å². The number of unbranched alkanes of at least 4 members (excludes halogenated alkanes) is 30. The van der Waals surface area contributed by atoms with E-state index in [1.165, 1.54) is 116 Å². The molecule has 0 aliphatic heterocycles. The van der Waals surface area contributed by atoms with Crippen LogP contribution in [-0.2, 0) is 65.4 Å². The Bertz CT molecular complexity index is 1650. The molecule has 17 nitrogen and oxygen atoms in total. The normalized spacial score (nSPS) is 14.4. The van der Waals surface area contributed by atoms with Gasteiger partial charge in [-0.2, -0.15) is 0 Å². The van der Waals surface area contributed by atoms with Crippen molar-refractivity contribution in [1.82, 2.24) is 0 Å². The molecule has 5 atom stereocenters. The number of rotatable bonds is 62. The van der Waals surface area contributed by atoms with Crippen molar-refractivity contribution in [3.05, 3.63) is 0 Å². The lowest BCUT2D eigenvalue weighted by Crippen LogP contribution is -2.30. The average molecular weight is 1230 g/mol. The van der Waals surface area contributed by atoms with Crippen LogP contribution in [-0.4, -0.2) is 96.7 Å². The Morgan fingerprint density at radius 2 is 0.554 bits per heavy atom. The van der Waals surface area contributed by atoms with Crippen LogP contribution in [0.4, 0.5) is 0 Å². The summed E-state index contributed by atoms with van der Waals surface area (Å²) in [5.41, 5.74) is 0. The molecule has 0 radical (unpaired) electrons. The van der Waals surface area contributed by atoms with E-state index in [2.05, 4.69) is 48.5 Å². The van der Waals surface area contributed by atoms with E-state index in [0.717, 1.165) is 102 Å². The summed E-state index contributed by atoms with van der Waals surface area (Å²) in [5.74, 6) is -0.0115. The van der Waals surface area contributed by atoms with Crippen molar-refractivity contribution in [3.8, 4) is 0 Å². The lowest BCUT2D eigenvalue weighted by Gasteiger charge is -2.21.